The molecule has 3 aliphatic rings. The van der Waals surface area contributed by atoms with E-state index in [1.54, 1.807) is 0 Å². The third-order valence-electron chi connectivity index (χ3n) is 4.56. The Kier molecular flexibility index (Phi) is 4.52. The number of halogens is 1. The summed E-state index contributed by atoms with van der Waals surface area (Å²) in [6, 6.07) is 5.88. The molecule has 0 saturated carbocycles. The van der Waals surface area contributed by atoms with Crippen molar-refractivity contribution in [3.63, 3.8) is 0 Å². The van der Waals surface area contributed by atoms with Crippen molar-refractivity contribution in [3.8, 4) is 5.75 Å². The fourth-order valence-corrected chi connectivity index (χ4v) is 6.71. The van der Waals surface area contributed by atoms with E-state index >= 15 is 0 Å². The van der Waals surface area contributed by atoms with Crippen LogP contribution in [0.5, 0.6) is 5.75 Å². The molecule has 0 radical (unpaired) electrons. The van der Waals surface area contributed by atoms with Gasteiger partial charge in [0, 0.05) is 36.2 Å². The Morgan fingerprint density at radius 3 is 2.39 bits per heavy atom. The molecule has 1 aromatic rings. The molecule has 2 atom stereocenters. The van der Waals surface area contributed by atoms with Crippen molar-refractivity contribution in [1.29, 1.82) is 0 Å². The van der Waals surface area contributed by atoms with Crippen LogP contribution >= 0.6 is 23.4 Å². The molecule has 8 heteroatoms. The SMILES string of the molecule is O=P1(N2CCOCC2)Oc2ccc(Br)cc2C1N1CCOCC1. The van der Waals surface area contributed by atoms with E-state index in [-0.39, 0.29) is 5.78 Å². The predicted octanol–water partition coefficient (Wildman–Crippen LogP) is 2.70. The van der Waals surface area contributed by atoms with Gasteiger partial charge in [0.25, 0.3) is 0 Å². The lowest BCUT2D eigenvalue weighted by molar-refractivity contribution is 0.0263. The van der Waals surface area contributed by atoms with E-state index in [4.69, 9.17) is 14.0 Å². The normalized spacial score (nSPS) is 32.5. The van der Waals surface area contributed by atoms with E-state index < -0.39 is 7.52 Å². The Hall–Kier alpha value is -0.430. The Bertz CT molecular complexity index is 632. The maximum absolute atomic E-state index is 13.9. The van der Waals surface area contributed by atoms with Crippen LogP contribution in [0.15, 0.2) is 22.7 Å². The summed E-state index contributed by atoms with van der Waals surface area (Å²) >= 11 is 3.53. The molecular formula is C15H20BrN2O4P. The zero-order valence-corrected chi connectivity index (χ0v) is 15.3. The first kappa shape index (κ1) is 16.1. The number of ether oxygens (including phenoxy) is 2. The van der Waals surface area contributed by atoms with Gasteiger partial charge in [-0.2, -0.15) is 0 Å². The molecule has 0 spiro atoms. The van der Waals surface area contributed by atoms with Gasteiger partial charge < -0.3 is 14.0 Å². The second-order valence-corrected chi connectivity index (χ2v) is 9.21. The summed E-state index contributed by atoms with van der Waals surface area (Å²) in [5.41, 5.74) is 1.01. The molecule has 0 N–H and O–H groups in total. The minimum atomic E-state index is -3.02. The Balaban J connectivity index is 1.74. The molecular weight excluding hydrogens is 383 g/mol. The lowest BCUT2D eigenvalue weighted by Gasteiger charge is -2.39. The molecule has 2 saturated heterocycles. The molecule has 3 aliphatic heterocycles. The van der Waals surface area contributed by atoms with Crippen LogP contribution < -0.4 is 4.52 Å². The van der Waals surface area contributed by atoms with Gasteiger partial charge in [-0.1, -0.05) is 15.9 Å². The lowest BCUT2D eigenvalue weighted by Crippen LogP contribution is -2.42. The number of hydrogen-bond donors (Lipinski definition) is 0. The zero-order valence-electron chi connectivity index (χ0n) is 12.8. The standard InChI is InChI=1S/C15H20BrN2O4P/c16-12-1-2-14-13(11-12)15(17-3-7-20-8-4-17)23(19,22-14)18-5-9-21-10-6-18/h1-2,11,15H,3-10H2. The number of hydrogen-bond acceptors (Lipinski definition) is 5. The highest BCUT2D eigenvalue weighted by atomic mass is 79.9. The topological polar surface area (TPSA) is 51.2 Å². The minimum Gasteiger partial charge on any atom is -0.431 e. The van der Waals surface area contributed by atoms with Crippen LogP contribution in [0.3, 0.4) is 0 Å². The van der Waals surface area contributed by atoms with Gasteiger partial charge in [-0.15, -0.1) is 0 Å². The number of fused-ring (bicyclic) bond motifs is 1. The molecule has 4 rings (SSSR count). The maximum Gasteiger partial charge on any atom is 0.340 e. The first-order valence-corrected chi connectivity index (χ1v) is 10.4. The predicted molar refractivity (Wildman–Crippen MR) is 89.9 cm³/mol. The molecule has 2 fully saturated rings. The molecule has 3 heterocycles. The van der Waals surface area contributed by atoms with E-state index in [1.165, 1.54) is 0 Å². The second kappa shape index (κ2) is 6.47. The van der Waals surface area contributed by atoms with E-state index in [9.17, 15) is 4.57 Å². The van der Waals surface area contributed by atoms with Crippen LogP contribution in [0.4, 0.5) is 0 Å². The van der Waals surface area contributed by atoms with Crippen molar-refractivity contribution in [2.45, 2.75) is 5.78 Å². The Morgan fingerprint density at radius 2 is 1.70 bits per heavy atom. The van der Waals surface area contributed by atoms with Gasteiger partial charge >= 0.3 is 7.52 Å². The fourth-order valence-electron chi connectivity index (χ4n) is 3.44. The van der Waals surface area contributed by atoms with Crippen LogP contribution in [0, 0.1) is 0 Å². The maximum atomic E-state index is 13.9. The minimum absolute atomic E-state index is 0.225. The smallest absolute Gasteiger partial charge is 0.340 e. The molecule has 2 unspecified atom stereocenters. The van der Waals surface area contributed by atoms with Crippen molar-refractivity contribution in [3.05, 3.63) is 28.2 Å². The van der Waals surface area contributed by atoms with Crippen LogP contribution in [0.1, 0.15) is 11.3 Å². The summed E-state index contributed by atoms with van der Waals surface area (Å²) in [6.07, 6.45) is 0. The number of morpholine rings is 2. The van der Waals surface area contributed by atoms with Gasteiger partial charge in [0.15, 0.2) is 0 Å². The van der Waals surface area contributed by atoms with Crippen LogP contribution in [-0.2, 0) is 14.0 Å². The summed E-state index contributed by atoms with van der Waals surface area (Å²) in [5, 5.41) is 0. The third-order valence-corrected chi connectivity index (χ3v) is 7.92. The number of nitrogens with zero attached hydrogens (tertiary/aromatic N) is 2. The molecule has 0 amide bonds. The van der Waals surface area contributed by atoms with E-state index in [0.29, 0.717) is 39.5 Å². The average molecular weight is 403 g/mol. The highest BCUT2D eigenvalue weighted by Gasteiger charge is 2.52. The van der Waals surface area contributed by atoms with Crippen molar-refractivity contribution < 1.29 is 18.6 Å². The van der Waals surface area contributed by atoms with Gasteiger partial charge in [-0.3, -0.25) is 9.46 Å². The Morgan fingerprint density at radius 1 is 1.04 bits per heavy atom. The summed E-state index contributed by atoms with van der Waals surface area (Å²) in [5.74, 6) is 0.511. The first-order chi connectivity index (χ1) is 11.2. The third kappa shape index (κ3) is 2.88. The number of benzene rings is 1. The molecule has 0 aliphatic carbocycles. The molecule has 1 aromatic carbocycles. The molecule has 126 valence electrons. The van der Waals surface area contributed by atoms with Gasteiger partial charge in [0.05, 0.1) is 26.4 Å². The van der Waals surface area contributed by atoms with Gasteiger partial charge in [0.2, 0.25) is 0 Å². The van der Waals surface area contributed by atoms with Gasteiger partial charge in [-0.25, -0.2) is 4.67 Å². The highest BCUT2D eigenvalue weighted by Crippen LogP contribution is 2.70. The summed E-state index contributed by atoms with van der Waals surface area (Å²) in [4.78, 5) is 2.25. The van der Waals surface area contributed by atoms with Gasteiger partial charge in [-0.05, 0) is 18.2 Å². The van der Waals surface area contributed by atoms with E-state index in [2.05, 4.69) is 20.8 Å². The lowest BCUT2D eigenvalue weighted by atomic mass is 10.2. The fraction of sp³-hybridized carbons (Fsp3) is 0.600. The van der Waals surface area contributed by atoms with Crippen LogP contribution in [-0.4, -0.2) is 62.2 Å². The summed E-state index contributed by atoms with van der Waals surface area (Å²) < 4.78 is 33.9. The zero-order chi connectivity index (χ0) is 15.9. The first-order valence-electron chi connectivity index (χ1n) is 7.92. The van der Waals surface area contributed by atoms with Crippen molar-refractivity contribution >= 4 is 23.4 Å². The summed E-state index contributed by atoms with van der Waals surface area (Å²) in [6.45, 7) is 5.38. The van der Waals surface area contributed by atoms with Crippen molar-refractivity contribution in [2.24, 2.45) is 0 Å². The average Bonchev–Trinajstić information content (AvgIpc) is 2.89. The van der Waals surface area contributed by atoms with E-state index in [0.717, 1.165) is 28.9 Å². The summed E-state index contributed by atoms with van der Waals surface area (Å²) in [7, 11) is -3.02. The Labute approximate surface area is 144 Å². The molecule has 0 bridgehead atoms. The van der Waals surface area contributed by atoms with Gasteiger partial charge in [0.1, 0.15) is 11.5 Å². The molecule has 23 heavy (non-hydrogen) atoms. The highest BCUT2D eigenvalue weighted by molar-refractivity contribution is 9.10. The van der Waals surface area contributed by atoms with Crippen LogP contribution in [0.25, 0.3) is 0 Å². The largest absolute Gasteiger partial charge is 0.431 e. The van der Waals surface area contributed by atoms with Crippen molar-refractivity contribution in [1.82, 2.24) is 9.57 Å². The second-order valence-electron chi connectivity index (χ2n) is 5.93. The van der Waals surface area contributed by atoms with E-state index in [1.807, 2.05) is 22.9 Å². The van der Waals surface area contributed by atoms with Crippen molar-refractivity contribution in [2.75, 3.05) is 52.6 Å². The molecule has 6 nitrogen and oxygen atoms in total. The van der Waals surface area contributed by atoms with Crippen LogP contribution in [0.2, 0.25) is 0 Å². The monoisotopic (exact) mass is 402 g/mol. The number of rotatable bonds is 2. The molecule has 0 aromatic heterocycles. The quantitative estimate of drug-likeness (QED) is 0.708.